The van der Waals surface area contributed by atoms with Crippen LogP contribution in [0.1, 0.15) is 11.1 Å². The molecule has 2 aromatic rings. The van der Waals surface area contributed by atoms with Crippen molar-refractivity contribution in [3.8, 4) is 5.75 Å². The van der Waals surface area contributed by atoms with Crippen molar-refractivity contribution in [3.63, 3.8) is 0 Å². The maximum absolute atomic E-state index is 11.7. The van der Waals surface area contributed by atoms with Gasteiger partial charge in [-0.05, 0) is 36.4 Å². The molecule has 108 valence electrons. The Hall–Kier alpha value is -2.34. The SMILES string of the molecule is Cc1ccc(OC(=O)SCc2ccc([N+](=O)[O-])cc2)cc1. The summed E-state index contributed by atoms with van der Waals surface area (Å²) in [6.07, 6.45) is 0. The van der Waals surface area contributed by atoms with Crippen molar-refractivity contribution in [2.24, 2.45) is 0 Å². The van der Waals surface area contributed by atoms with E-state index in [1.54, 1.807) is 24.3 Å². The van der Waals surface area contributed by atoms with Crippen molar-refractivity contribution in [1.82, 2.24) is 0 Å². The highest BCUT2D eigenvalue weighted by Crippen LogP contribution is 2.20. The van der Waals surface area contributed by atoms with Gasteiger partial charge in [0.2, 0.25) is 0 Å². The van der Waals surface area contributed by atoms with Gasteiger partial charge in [-0.3, -0.25) is 10.1 Å². The highest BCUT2D eigenvalue weighted by molar-refractivity contribution is 8.12. The Balaban J connectivity index is 1.86. The van der Waals surface area contributed by atoms with E-state index >= 15 is 0 Å². The number of benzene rings is 2. The van der Waals surface area contributed by atoms with Gasteiger partial charge in [0.25, 0.3) is 5.69 Å². The summed E-state index contributed by atoms with van der Waals surface area (Å²) >= 11 is 1.01. The standard InChI is InChI=1S/C15H13NO4S/c1-11-2-8-14(9-3-11)20-15(17)21-10-12-4-6-13(7-5-12)16(18)19/h2-9H,10H2,1H3. The molecule has 0 saturated carbocycles. The second kappa shape index (κ2) is 6.90. The second-order valence-corrected chi connectivity index (χ2v) is 5.29. The van der Waals surface area contributed by atoms with Crippen LogP contribution < -0.4 is 4.74 Å². The Bertz CT molecular complexity index is 638. The van der Waals surface area contributed by atoms with Crippen LogP contribution in [-0.2, 0) is 5.75 Å². The van der Waals surface area contributed by atoms with E-state index in [4.69, 9.17) is 4.74 Å². The van der Waals surface area contributed by atoms with Gasteiger partial charge in [0.1, 0.15) is 5.75 Å². The Labute approximate surface area is 126 Å². The number of rotatable bonds is 4. The number of nitrogens with zero attached hydrogens (tertiary/aromatic N) is 1. The molecule has 0 heterocycles. The number of ether oxygens (including phenoxy) is 1. The molecule has 0 aliphatic rings. The van der Waals surface area contributed by atoms with Gasteiger partial charge in [0.15, 0.2) is 0 Å². The highest BCUT2D eigenvalue weighted by Gasteiger charge is 2.08. The van der Waals surface area contributed by atoms with E-state index in [1.807, 2.05) is 19.1 Å². The van der Waals surface area contributed by atoms with E-state index in [9.17, 15) is 14.9 Å². The van der Waals surface area contributed by atoms with Crippen molar-refractivity contribution in [2.45, 2.75) is 12.7 Å². The number of aryl methyl sites for hydroxylation is 1. The summed E-state index contributed by atoms with van der Waals surface area (Å²) in [7, 11) is 0. The summed E-state index contributed by atoms with van der Waals surface area (Å²) in [6, 6.07) is 13.3. The molecule has 0 aliphatic heterocycles. The van der Waals surface area contributed by atoms with Gasteiger partial charge in [-0.1, -0.05) is 29.8 Å². The summed E-state index contributed by atoms with van der Waals surface area (Å²) in [6.45, 7) is 1.95. The van der Waals surface area contributed by atoms with Gasteiger partial charge in [-0.25, -0.2) is 4.79 Å². The normalized spacial score (nSPS) is 10.1. The molecule has 0 spiro atoms. The van der Waals surface area contributed by atoms with Crippen LogP contribution in [0.5, 0.6) is 5.75 Å². The Morgan fingerprint density at radius 2 is 1.76 bits per heavy atom. The van der Waals surface area contributed by atoms with Crippen molar-refractivity contribution in [1.29, 1.82) is 0 Å². The summed E-state index contributed by atoms with van der Waals surface area (Å²) in [5.74, 6) is 0.907. The van der Waals surface area contributed by atoms with Crippen LogP contribution in [0.25, 0.3) is 0 Å². The molecule has 0 amide bonds. The first-order valence-corrected chi connectivity index (χ1v) is 7.18. The molecule has 5 nitrogen and oxygen atoms in total. The smallest absolute Gasteiger partial charge is 0.373 e. The van der Waals surface area contributed by atoms with E-state index in [0.717, 1.165) is 22.9 Å². The van der Waals surface area contributed by atoms with Gasteiger partial charge in [-0.15, -0.1) is 0 Å². The molecule has 0 aliphatic carbocycles. The Morgan fingerprint density at radius 3 is 2.33 bits per heavy atom. The predicted molar refractivity (Wildman–Crippen MR) is 81.6 cm³/mol. The number of thioether (sulfide) groups is 1. The van der Waals surface area contributed by atoms with Gasteiger partial charge < -0.3 is 4.74 Å². The fraction of sp³-hybridized carbons (Fsp3) is 0.133. The largest absolute Gasteiger partial charge is 0.418 e. The number of non-ortho nitro benzene ring substituents is 1. The highest BCUT2D eigenvalue weighted by atomic mass is 32.2. The van der Waals surface area contributed by atoms with Crippen LogP contribution in [0, 0.1) is 17.0 Å². The van der Waals surface area contributed by atoms with Gasteiger partial charge in [-0.2, -0.15) is 0 Å². The molecule has 0 N–H and O–H groups in total. The average molecular weight is 303 g/mol. The Morgan fingerprint density at radius 1 is 1.14 bits per heavy atom. The first-order valence-electron chi connectivity index (χ1n) is 6.19. The summed E-state index contributed by atoms with van der Waals surface area (Å²) < 4.78 is 5.17. The van der Waals surface area contributed by atoms with Crippen molar-refractivity contribution in [2.75, 3.05) is 0 Å². The summed E-state index contributed by atoms with van der Waals surface area (Å²) in [4.78, 5) is 21.8. The quantitative estimate of drug-likeness (QED) is 0.477. The molecular weight excluding hydrogens is 290 g/mol. The van der Waals surface area contributed by atoms with Crippen LogP contribution >= 0.6 is 11.8 Å². The molecule has 21 heavy (non-hydrogen) atoms. The minimum absolute atomic E-state index is 0.0333. The lowest BCUT2D eigenvalue weighted by Crippen LogP contribution is -2.01. The number of nitro benzene ring substituents is 1. The van der Waals surface area contributed by atoms with Crippen LogP contribution in [0.15, 0.2) is 48.5 Å². The zero-order chi connectivity index (χ0) is 15.2. The van der Waals surface area contributed by atoms with E-state index in [2.05, 4.69) is 0 Å². The lowest BCUT2D eigenvalue weighted by atomic mass is 10.2. The van der Waals surface area contributed by atoms with E-state index < -0.39 is 10.2 Å². The number of hydrogen-bond acceptors (Lipinski definition) is 5. The molecule has 0 atom stereocenters. The molecule has 6 heteroatoms. The minimum Gasteiger partial charge on any atom is -0.418 e. The number of carbonyl (C=O) groups excluding carboxylic acids is 1. The zero-order valence-corrected chi connectivity index (χ0v) is 12.1. The summed E-state index contributed by atoms with van der Waals surface area (Å²) in [5, 5.41) is 10.1. The second-order valence-electron chi connectivity index (χ2n) is 4.38. The van der Waals surface area contributed by atoms with Gasteiger partial charge in [0, 0.05) is 17.9 Å². The molecule has 0 saturated heterocycles. The van der Waals surface area contributed by atoms with Crippen molar-refractivity contribution < 1.29 is 14.5 Å². The molecular formula is C15H13NO4S. The fourth-order valence-electron chi connectivity index (χ4n) is 1.59. The lowest BCUT2D eigenvalue weighted by Gasteiger charge is -2.04. The van der Waals surface area contributed by atoms with Gasteiger partial charge >= 0.3 is 5.30 Å². The molecule has 0 bridgehead atoms. The first-order chi connectivity index (χ1) is 10.0. The van der Waals surface area contributed by atoms with Crippen LogP contribution in [0.2, 0.25) is 0 Å². The third-order valence-corrected chi connectivity index (χ3v) is 3.52. The van der Waals surface area contributed by atoms with Crippen molar-refractivity contribution >= 4 is 22.8 Å². The third kappa shape index (κ3) is 4.61. The predicted octanol–water partition coefficient (Wildman–Crippen LogP) is 4.34. The third-order valence-electron chi connectivity index (χ3n) is 2.73. The zero-order valence-electron chi connectivity index (χ0n) is 11.3. The van der Waals surface area contributed by atoms with Crippen LogP contribution in [0.3, 0.4) is 0 Å². The van der Waals surface area contributed by atoms with E-state index in [0.29, 0.717) is 11.5 Å². The molecule has 2 aromatic carbocycles. The molecule has 0 radical (unpaired) electrons. The minimum atomic E-state index is -0.456. The number of nitro groups is 1. The molecule has 2 rings (SSSR count). The molecule has 0 unspecified atom stereocenters. The molecule has 0 aromatic heterocycles. The lowest BCUT2D eigenvalue weighted by molar-refractivity contribution is -0.384. The topological polar surface area (TPSA) is 69.4 Å². The van der Waals surface area contributed by atoms with E-state index in [1.165, 1.54) is 12.1 Å². The summed E-state index contributed by atoms with van der Waals surface area (Å²) in [5.41, 5.74) is 1.95. The maximum atomic E-state index is 11.7. The number of hydrogen-bond donors (Lipinski definition) is 0. The maximum Gasteiger partial charge on any atom is 0.373 e. The Kier molecular flexibility index (Phi) is 4.94. The van der Waals surface area contributed by atoms with E-state index in [-0.39, 0.29) is 5.69 Å². The van der Waals surface area contributed by atoms with Crippen LogP contribution in [-0.4, -0.2) is 10.2 Å². The number of carbonyl (C=O) groups is 1. The van der Waals surface area contributed by atoms with Crippen molar-refractivity contribution in [3.05, 3.63) is 69.8 Å². The van der Waals surface area contributed by atoms with Crippen LogP contribution in [0.4, 0.5) is 10.5 Å². The molecule has 0 fully saturated rings. The average Bonchev–Trinajstić information content (AvgIpc) is 2.48. The monoisotopic (exact) mass is 303 g/mol. The fourth-order valence-corrected chi connectivity index (χ4v) is 2.22. The van der Waals surface area contributed by atoms with Gasteiger partial charge in [0.05, 0.1) is 4.92 Å². The first kappa shape index (κ1) is 15.1.